The summed E-state index contributed by atoms with van der Waals surface area (Å²) in [5, 5.41) is 6.92. The number of anilines is 4. The number of aryl methyl sites for hydroxylation is 2. The summed E-state index contributed by atoms with van der Waals surface area (Å²) in [5.74, 6) is 2.23. The van der Waals surface area contributed by atoms with Crippen molar-refractivity contribution in [3.8, 4) is 11.5 Å². The van der Waals surface area contributed by atoms with Crippen LogP contribution in [0.3, 0.4) is 0 Å². The molecule has 0 unspecified atom stereocenters. The number of ether oxygens (including phenoxy) is 2. The second-order valence-electron chi connectivity index (χ2n) is 6.08. The van der Waals surface area contributed by atoms with E-state index < -0.39 is 0 Å². The Kier molecular flexibility index (Phi) is 5.66. The Morgan fingerprint density at radius 1 is 0.889 bits per heavy atom. The highest BCUT2D eigenvalue weighted by molar-refractivity contribution is 6.32. The molecule has 2 aromatic carbocycles. The van der Waals surface area contributed by atoms with Crippen LogP contribution in [0.15, 0.2) is 42.6 Å². The van der Waals surface area contributed by atoms with Crippen LogP contribution in [0.1, 0.15) is 11.1 Å². The van der Waals surface area contributed by atoms with Gasteiger partial charge in [-0.2, -0.15) is 4.98 Å². The maximum absolute atomic E-state index is 6.16. The van der Waals surface area contributed by atoms with Crippen LogP contribution >= 0.6 is 11.6 Å². The van der Waals surface area contributed by atoms with Gasteiger partial charge in [0.25, 0.3) is 0 Å². The summed E-state index contributed by atoms with van der Waals surface area (Å²) < 4.78 is 10.7. The number of benzene rings is 2. The van der Waals surface area contributed by atoms with Gasteiger partial charge in [0.1, 0.15) is 17.3 Å². The summed E-state index contributed by atoms with van der Waals surface area (Å²) >= 11 is 6.16. The van der Waals surface area contributed by atoms with Crippen LogP contribution in [0, 0.1) is 13.8 Å². The summed E-state index contributed by atoms with van der Waals surface area (Å²) in [5.41, 5.74) is 3.97. The third kappa shape index (κ3) is 4.60. The van der Waals surface area contributed by atoms with Crippen molar-refractivity contribution >= 4 is 34.7 Å². The van der Waals surface area contributed by atoms with Crippen molar-refractivity contribution in [2.45, 2.75) is 13.8 Å². The van der Waals surface area contributed by atoms with Crippen molar-refractivity contribution in [3.05, 3.63) is 58.7 Å². The zero-order valence-corrected chi connectivity index (χ0v) is 16.4. The Morgan fingerprint density at radius 3 is 2.26 bits per heavy atom. The normalized spacial score (nSPS) is 10.4. The average molecular weight is 385 g/mol. The molecule has 0 saturated carbocycles. The number of hydrogen-bond acceptors (Lipinski definition) is 6. The molecule has 6 nitrogen and oxygen atoms in total. The number of methoxy groups -OCH3 is 2. The minimum absolute atomic E-state index is 0.472. The first kappa shape index (κ1) is 18.8. The van der Waals surface area contributed by atoms with E-state index in [1.54, 1.807) is 38.6 Å². The lowest BCUT2D eigenvalue weighted by molar-refractivity contribution is 0.405. The van der Waals surface area contributed by atoms with E-state index in [1.165, 1.54) is 11.1 Å². The van der Waals surface area contributed by atoms with Gasteiger partial charge < -0.3 is 20.1 Å². The van der Waals surface area contributed by atoms with Crippen molar-refractivity contribution < 1.29 is 9.47 Å². The maximum Gasteiger partial charge on any atom is 0.229 e. The number of nitrogens with one attached hydrogen (secondary N) is 2. The average Bonchev–Trinajstić information content (AvgIpc) is 2.62. The summed E-state index contributed by atoms with van der Waals surface area (Å²) in [4.78, 5) is 8.80. The van der Waals surface area contributed by atoms with E-state index in [2.05, 4.69) is 40.5 Å². The van der Waals surface area contributed by atoms with Crippen LogP contribution in [0.4, 0.5) is 23.1 Å². The standard InChI is InChI=1S/C20H21ClN4O2/c1-12-7-13(2)9-14(8-12)23-20-22-6-5-19(25-20)24-16-11-17(26-3)15(21)10-18(16)27-4/h5-11H,1-4H3,(H2,22,23,24,25). The Hall–Kier alpha value is -2.99. The molecule has 7 heteroatoms. The van der Waals surface area contributed by atoms with Crippen LogP contribution in [0.2, 0.25) is 5.02 Å². The molecule has 0 saturated heterocycles. The first-order chi connectivity index (χ1) is 13.0. The van der Waals surface area contributed by atoms with Gasteiger partial charge in [0.15, 0.2) is 0 Å². The Bertz CT molecular complexity index is 942. The predicted octanol–water partition coefficient (Wildman–Crippen LogP) is 5.25. The lowest BCUT2D eigenvalue weighted by Crippen LogP contribution is -2.02. The summed E-state index contributed by atoms with van der Waals surface area (Å²) in [6, 6.07) is 11.4. The number of nitrogens with zero attached hydrogens (tertiary/aromatic N) is 2. The molecule has 1 heterocycles. The number of halogens is 1. The van der Waals surface area contributed by atoms with E-state index in [9.17, 15) is 0 Å². The molecule has 0 aliphatic carbocycles. The molecule has 0 fully saturated rings. The Morgan fingerprint density at radius 2 is 1.59 bits per heavy atom. The molecule has 0 radical (unpaired) electrons. The fraction of sp³-hybridized carbons (Fsp3) is 0.200. The third-order valence-electron chi connectivity index (χ3n) is 3.87. The minimum atomic E-state index is 0.472. The van der Waals surface area contributed by atoms with Gasteiger partial charge in [-0.1, -0.05) is 17.7 Å². The first-order valence-electron chi connectivity index (χ1n) is 8.35. The number of aromatic nitrogens is 2. The van der Waals surface area contributed by atoms with E-state index in [4.69, 9.17) is 21.1 Å². The van der Waals surface area contributed by atoms with E-state index in [0.29, 0.717) is 34.0 Å². The van der Waals surface area contributed by atoms with Crippen LogP contribution in [-0.4, -0.2) is 24.2 Å². The van der Waals surface area contributed by atoms with Crippen molar-refractivity contribution in [1.82, 2.24) is 9.97 Å². The van der Waals surface area contributed by atoms with Gasteiger partial charge in [0, 0.05) is 24.0 Å². The summed E-state index contributed by atoms with van der Waals surface area (Å²) in [6.07, 6.45) is 1.68. The van der Waals surface area contributed by atoms with Gasteiger partial charge in [-0.05, 0) is 43.2 Å². The van der Waals surface area contributed by atoms with Crippen molar-refractivity contribution in [3.63, 3.8) is 0 Å². The molecule has 140 valence electrons. The van der Waals surface area contributed by atoms with Gasteiger partial charge >= 0.3 is 0 Å². The molecule has 3 aromatic rings. The Balaban J connectivity index is 1.86. The first-order valence-corrected chi connectivity index (χ1v) is 8.73. The smallest absolute Gasteiger partial charge is 0.229 e. The van der Waals surface area contributed by atoms with E-state index >= 15 is 0 Å². The van der Waals surface area contributed by atoms with Gasteiger partial charge in [0.05, 0.1) is 24.9 Å². The van der Waals surface area contributed by atoms with Crippen molar-refractivity contribution in [2.75, 3.05) is 24.9 Å². The number of rotatable bonds is 6. The molecule has 1 aromatic heterocycles. The third-order valence-corrected chi connectivity index (χ3v) is 4.17. The largest absolute Gasteiger partial charge is 0.495 e. The predicted molar refractivity (Wildman–Crippen MR) is 109 cm³/mol. The summed E-state index contributed by atoms with van der Waals surface area (Å²) in [6.45, 7) is 4.11. The second-order valence-corrected chi connectivity index (χ2v) is 6.49. The molecular weight excluding hydrogens is 364 g/mol. The highest BCUT2D eigenvalue weighted by Gasteiger charge is 2.11. The van der Waals surface area contributed by atoms with Gasteiger partial charge in [-0.15, -0.1) is 0 Å². The summed E-state index contributed by atoms with van der Waals surface area (Å²) in [7, 11) is 3.14. The van der Waals surface area contributed by atoms with Gasteiger partial charge in [-0.3, -0.25) is 0 Å². The SMILES string of the molecule is COc1cc(Nc2ccnc(Nc3cc(C)cc(C)c3)n2)c(OC)cc1Cl. The maximum atomic E-state index is 6.16. The molecule has 0 aliphatic rings. The molecule has 0 spiro atoms. The minimum Gasteiger partial charge on any atom is -0.495 e. The lowest BCUT2D eigenvalue weighted by atomic mass is 10.1. The molecular formula is C20H21ClN4O2. The van der Waals surface area contributed by atoms with Gasteiger partial charge in [-0.25, -0.2) is 4.98 Å². The quantitative estimate of drug-likeness (QED) is 0.604. The van der Waals surface area contributed by atoms with Crippen molar-refractivity contribution in [2.24, 2.45) is 0 Å². The molecule has 3 rings (SSSR count). The molecule has 2 N–H and O–H groups in total. The molecule has 0 bridgehead atoms. The fourth-order valence-corrected chi connectivity index (χ4v) is 2.99. The zero-order valence-electron chi connectivity index (χ0n) is 15.6. The van der Waals surface area contributed by atoms with Crippen molar-refractivity contribution in [1.29, 1.82) is 0 Å². The topological polar surface area (TPSA) is 68.3 Å². The highest BCUT2D eigenvalue weighted by atomic mass is 35.5. The van der Waals surface area contributed by atoms with Crippen LogP contribution in [0.5, 0.6) is 11.5 Å². The van der Waals surface area contributed by atoms with E-state index in [-0.39, 0.29) is 0 Å². The Labute approximate surface area is 163 Å². The second kappa shape index (κ2) is 8.14. The molecule has 0 aliphatic heterocycles. The van der Waals surface area contributed by atoms with Crippen LogP contribution in [0.25, 0.3) is 0 Å². The van der Waals surface area contributed by atoms with Gasteiger partial charge in [0.2, 0.25) is 5.95 Å². The highest BCUT2D eigenvalue weighted by Crippen LogP contribution is 2.37. The zero-order chi connectivity index (χ0) is 19.4. The molecule has 0 amide bonds. The fourth-order valence-electron chi connectivity index (χ4n) is 2.76. The monoisotopic (exact) mass is 384 g/mol. The van der Waals surface area contributed by atoms with Crippen LogP contribution < -0.4 is 20.1 Å². The van der Waals surface area contributed by atoms with Crippen LogP contribution in [-0.2, 0) is 0 Å². The lowest BCUT2D eigenvalue weighted by Gasteiger charge is -2.14. The van der Waals surface area contributed by atoms with E-state index in [1.807, 2.05) is 12.1 Å². The molecule has 27 heavy (non-hydrogen) atoms. The van der Waals surface area contributed by atoms with E-state index in [0.717, 1.165) is 5.69 Å². The molecule has 0 atom stereocenters. The number of hydrogen-bond donors (Lipinski definition) is 2.